The summed E-state index contributed by atoms with van der Waals surface area (Å²) in [6.07, 6.45) is 3.90. The predicted octanol–water partition coefficient (Wildman–Crippen LogP) is 2.74. The molecule has 5 heteroatoms. The lowest BCUT2D eigenvalue weighted by Crippen LogP contribution is -2.35. The van der Waals surface area contributed by atoms with Gasteiger partial charge in [0.1, 0.15) is 23.7 Å². The van der Waals surface area contributed by atoms with Gasteiger partial charge in [-0.15, -0.1) is 0 Å². The van der Waals surface area contributed by atoms with Crippen LogP contribution in [-0.2, 0) is 13.7 Å². The minimum atomic E-state index is -0.468. The fourth-order valence-electron chi connectivity index (χ4n) is 2.40. The average Bonchev–Trinajstić information content (AvgIpc) is 2.80. The molecule has 1 aliphatic rings. The number of hydrogen-bond donors (Lipinski definition) is 0. The maximum atomic E-state index is 12.1. The minimum Gasteiger partial charge on any atom is -0.487 e. The molecule has 2 heterocycles. The molecule has 0 radical (unpaired) electrons. The molecule has 0 unspecified atom stereocenters. The first-order valence-corrected chi connectivity index (χ1v) is 6.89. The van der Waals surface area contributed by atoms with E-state index in [4.69, 9.17) is 9.47 Å². The van der Waals surface area contributed by atoms with E-state index in [1.807, 2.05) is 25.5 Å². The Bertz CT molecular complexity index is 689. The van der Waals surface area contributed by atoms with Crippen molar-refractivity contribution >= 4 is 5.78 Å². The van der Waals surface area contributed by atoms with Crippen molar-refractivity contribution in [1.82, 2.24) is 9.55 Å². The first-order valence-electron chi connectivity index (χ1n) is 6.89. The molecule has 2 aromatic rings. The molecule has 0 fully saturated rings. The zero-order chi connectivity index (χ0) is 15.0. The SMILES string of the molecule is Cn1cncc1COc1ccc2c(c1)OC(C)(C)CC2=O. The van der Waals surface area contributed by atoms with Crippen LogP contribution in [0.25, 0.3) is 0 Å². The molecule has 0 amide bonds. The fourth-order valence-corrected chi connectivity index (χ4v) is 2.40. The summed E-state index contributed by atoms with van der Waals surface area (Å²) < 4.78 is 13.5. The largest absolute Gasteiger partial charge is 0.487 e. The monoisotopic (exact) mass is 286 g/mol. The average molecular weight is 286 g/mol. The van der Waals surface area contributed by atoms with Crippen molar-refractivity contribution in [3.63, 3.8) is 0 Å². The molecule has 5 nitrogen and oxygen atoms in total. The third-order valence-electron chi connectivity index (χ3n) is 3.53. The Kier molecular flexibility index (Phi) is 3.20. The summed E-state index contributed by atoms with van der Waals surface area (Å²) in [6.45, 7) is 4.25. The molecule has 21 heavy (non-hydrogen) atoms. The Morgan fingerprint density at radius 3 is 2.95 bits per heavy atom. The van der Waals surface area contributed by atoms with E-state index in [0.717, 1.165) is 5.69 Å². The van der Waals surface area contributed by atoms with Gasteiger partial charge in [-0.2, -0.15) is 0 Å². The Hall–Kier alpha value is -2.30. The number of fused-ring (bicyclic) bond motifs is 1. The highest BCUT2D eigenvalue weighted by atomic mass is 16.5. The maximum Gasteiger partial charge on any atom is 0.170 e. The molecule has 1 aliphatic heterocycles. The van der Waals surface area contributed by atoms with E-state index >= 15 is 0 Å². The maximum absolute atomic E-state index is 12.1. The molecule has 0 aliphatic carbocycles. The van der Waals surface area contributed by atoms with Gasteiger partial charge in [-0.05, 0) is 26.0 Å². The molecule has 110 valence electrons. The van der Waals surface area contributed by atoms with Crippen LogP contribution in [0.15, 0.2) is 30.7 Å². The molecule has 0 spiro atoms. The predicted molar refractivity (Wildman–Crippen MR) is 77.6 cm³/mol. The number of benzene rings is 1. The highest BCUT2D eigenvalue weighted by Gasteiger charge is 2.32. The van der Waals surface area contributed by atoms with Crippen LogP contribution in [0.1, 0.15) is 36.3 Å². The molecule has 0 N–H and O–H groups in total. The van der Waals surface area contributed by atoms with Crippen LogP contribution >= 0.6 is 0 Å². The number of imidazole rings is 1. The van der Waals surface area contributed by atoms with Crippen molar-refractivity contribution in [3.8, 4) is 11.5 Å². The van der Waals surface area contributed by atoms with Crippen LogP contribution in [0.3, 0.4) is 0 Å². The lowest BCUT2D eigenvalue weighted by Gasteiger charge is -2.31. The van der Waals surface area contributed by atoms with Gasteiger partial charge < -0.3 is 14.0 Å². The lowest BCUT2D eigenvalue weighted by molar-refractivity contribution is 0.0618. The first kappa shape index (κ1) is 13.7. The minimum absolute atomic E-state index is 0.111. The van der Waals surface area contributed by atoms with E-state index in [0.29, 0.717) is 30.1 Å². The van der Waals surface area contributed by atoms with Crippen molar-refractivity contribution in [2.75, 3.05) is 0 Å². The van der Waals surface area contributed by atoms with Crippen LogP contribution in [0.4, 0.5) is 0 Å². The van der Waals surface area contributed by atoms with E-state index < -0.39 is 5.60 Å². The second-order valence-electron chi connectivity index (χ2n) is 5.90. The summed E-state index contributed by atoms with van der Waals surface area (Å²) in [5.74, 6) is 1.39. The van der Waals surface area contributed by atoms with E-state index in [1.165, 1.54) is 0 Å². The summed E-state index contributed by atoms with van der Waals surface area (Å²) >= 11 is 0. The highest BCUT2D eigenvalue weighted by Crippen LogP contribution is 2.35. The van der Waals surface area contributed by atoms with E-state index in [-0.39, 0.29) is 5.78 Å². The zero-order valence-electron chi connectivity index (χ0n) is 12.4. The zero-order valence-corrected chi connectivity index (χ0v) is 12.4. The summed E-state index contributed by atoms with van der Waals surface area (Å²) in [5, 5.41) is 0. The van der Waals surface area contributed by atoms with Gasteiger partial charge in [-0.25, -0.2) is 4.98 Å². The number of nitrogens with zero attached hydrogens (tertiary/aromatic N) is 2. The number of rotatable bonds is 3. The molecular formula is C16H18N2O3. The van der Waals surface area contributed by atoms with Gasteiger partial charge in [0, 0.05) is 13.1 Å². The second kappa shape index (κ2) is 4.91. The molecule has 0 bridgehead atoms. The summed E-state index contributed by atoms with van der Waals surface area (Å²) in [6, 6.07) is 5.35. The van der Waals surface area contributed by atoms with E-state index in [9.17, 15) is 4.79 Å². The first-order chi connectivity index (χ1) is 9.94. The number of carbonyl (C=O) groups excluding carboxylic acids is 1. The van der Waals surface area contributed by atoms with Gasteiger partial charge in [0.2, 0.25) is 0 Å². The number of Topliss-reactive ketones (excluding diaryl/α,β-unsaturated/α-hetero) is 1. The number of hydrogen-bond acceptors (Lipinski definition) is 4. The van der Waals surface area contributed by atoms with Crippen molar-refractivity contribution in [3.05, 3.63) is 42.0 Å². The van der Waals surface area contributed by atoms with Gasteiger partial charge in [-0.3, -0.25) is 4.79 Å². The molecule has 0 saturated carbocycles. The van der Waals surface area contributed by atoms with Crippen LogP contribution in [0.2, 0.25) is 0 Å². The molecule has 0 atom stereocenters. The van der Waals surface area contributed by atoms with Crippen LogP contribution in [0, 0.1) is 0 Å². The van der Waals surface area contributed by atoms with Crippen molar-refractivity contribution < 1.29 is 14.3 Å². The summed E-state index contributed by atoms with van der Waals surface area (Å²) in [5.41, 5.74) is 1.14. The third-order valence-corrected chi connectivity index (χ3v) is 3.53. The van der Waals surface area contributed by atoms with Crippen LogP contribution < -0.4 is 9.47 Å². The lowest BCUT2D eigenvalue weighted by atomic mass is 9.93. The molecule has 1 aromatic heterocycles. The Labute approximate surface area is 123 Å². The van der Waals surface area contributed by atoms with Crippen molar-refractivity contribution in [2.45, 2.75) is 32.5 Å². The van der Waals surface area contributed by atoms with Crippen molar-refractivity contribution in [2.24, 2.45) is 7.05 Å². The number of carbonyl (C=O) groups is 1. The molecule has 1 aromatic carbocycles. The number of aryl methyl sites for hydroxylation is 1. The van der Waals surface area contributed by atoms with Crippen LogP contribution in [-0.4, -0.2) is 20.9 Å². The number of ether oxygens (including phenoxy) is 2. The van der Waals surface area contributed by atoms with Gasteiger partial charge in [-0.1, -0.05) is 0 Å². The Balaban J connectivity index is 1.80. The number of ketones is 1. The molecule has 3 rings (SSSR count). The summed E-state index contributed by atoms with van der Waals surface area (Å²) in [4.78, 5) is 16.1. The Morgan fingerprint density at radius 2 is 2.24 bits per heavy atom. The van der Waals surface area contributed by atoms with Gasteiger partial charge in [0.25, 0.3) is 0 Å². The highest BCUT2D eigenvalue weighted by molar-refractivity contribution is 6.00. The second-order valence-corrected chi connectivity index (χ2v) is 5.90. The van der Waals surface area contributed by atoms with E-state index in [1.54, 1.807) is 30.7 Å². The molecular weight excluding hydrogens is 268 g/mol. The molecule has 0 saturated heterocycles. The summed E-state index contributed by atoms with van der Waals surface area (Å²) in [7, 11) is 1.92. The Morgan fingerprint density at radius 1 is 1.43 bits per heavy atom. The van der Waals surface area contributed by atoms with E-state index in [2.05, 4.69) is 4.98 Å². The van der Waals surface area contributed by atoms with Gasteiger partial charge >= 0.3 is 0 Å². The normalized spacial score (nSPS) is 16.2. The number of aromatic nitrogens is 2. The van der Waals surface area contributed by atoms with Gasteiger partial charge in [0.15, 0.2) is 5.78 Å². The van der Waals surface area contributed by atoms with Crippen LogP contribution in [0.5, 0.6) is 11.5 Å². The third kappa shape index (κ3) is 2.77. The van der Waals surface area contributed by atoms with Gasteiger partial charge in [0.05, 0.1) is 30.2 Å². The quantitative estimate of drug-likeness (QED) is 0.870. The standard InChI is InChI=1S/C16H18N2O3/c1-16(2)7-14(19)13-5-4-12(6-15(13)21-16)20-9-11-8-17-10-18(11)3/h4-6,8,10H,7,9H2,1-3H3. The fraction of sp³-hybridized carbons (Fsp3) is 0.375. The topological polar surface area (TPSA) is 53.4 Å². The smallest absolute Gasteiger partial charge is 0.170 e. The van der Waals surface area contributed by atoms with Crippen molar-refractivity contribution in [1.29, 1.82) is 0 Å².